The Kier molecular flexibility index (Phi) is 6.08. The lowest BCUT2D eigenvalue weighted by atomic mass is 10.0. The molecule has 2 N–H and O–H groups in total. The summed E-state index contributed by atoms with van der Waals surface area (Å²) >= 11 is 0. The number of carbonyl (C=O) groups is 1. The van der Waals surface area contributed by atoms with E-state index in [-0.39, 0.29) is 30.5 Å². The third kappa shape index (κ3) is 4.36. The first-order valence-electron chi connectivity index (χ1n) is 10.5. The Balaban J connectivity index is 1.50. The van der Waals surface area contributed by atoms with E-state index in [1.807, 2.05) is 38.1 Å². The molecule has 0 radical (unpaired) electrons. The van der Waals surface area contributed by atoms with Crippen molar-refractivity contribution >= 4 is 11.6 Å². The number of halogens is 1. The zero-order valence-electron chi connectivity index (χ0n) is 17.5. The van der Waals surface area contributed by atoms with Gasteiger partial charge in [-0.05, 0) is 30.3 Å². The van der Waals surface area contributed by atoms with Crippen LogP contribution in [0, 0.1) is 11.7 Å². The summed E-state index contributed by atoms with van der Waals surface area (Å²) in [6, 6.07) is 13.0. The van der Waals surface area contributed by atoms with E-state index in [9.17, 15) is 9.18 Å². The van der Waals surface area contributed by atoms with Gasteiger partial charge in [0.1, 0.15) is 11.9 Å². The highest BCUT2D eigenvalue weighted by molar-refractivity contribution is 5.77. The molecule has 6 nitrogen and oxygen atoms in total. The van der Waals surface area contributed by atoms with Crippen LogP contribution in [-0.4, -0.2) is 45.4 Å². The van der Waals surface area contributed by atoms with Crippen molar-refractivity contribution in [2.24, 2.45) is 5.92 Å². The minimum atomic E-state index is -0.183. The summed E-state index contributed by atoms with van der Waals surface area (Å²) in [7, 11) is 0. The van der Waals surface area contributed by atoms with E-state index in [1.54, 1.807) is 6.07 Å². The summed E-state index contributed by atoms with van der Waals surface area (Å²) in [5.41, 5.74) is 1.77. The second-order valence-electron chi connectivity index (χ2n) is 8.16. The van der Waals surface area contributed by atoms with Gasteiger partial charge in [0.2, 0.25) is 12.7 Å². The standard InChI is InChI=1S/C23H28FN3O3/c1-16(2)23(28)25-14-20(17-7-8-21-22(13-17)30-15-29-21)27-11-9-26(10-12-27)19-6-4-3-5-18(19)24/h3-8,13,16,20H,9-12,14-15H2,1-2H3,(H,25,28)/p+1/t20-/m1/s1. The van der Waals surface area contributed by atoms with Crippen LogP contribution >= 0.6 is 0 Å². The lowest BCUT2D eigenvalue weighted by molar-refractivity contribution is -0.931. The second kappa shape index (κ2) is 8.92. The first kappa shape index (κ1) is 20.5. The molecule has 0 spiro atoms. The van der Waals surface area contributed by atoms with Crippen LogP contribution in [0.25, 0.3) is 0 Å². The number of fused-ring (bicyclic) bond motifs is 1. The molecule has 1 fully saturated rings. The predicted molar refractivity (Wildman–Crippen MR) is 112 cm³/mol. The molecule has 2 aliphatic rings. The average Bonchev–Trinajstić information content (AvgIpc) is 3.22. The van der Waals surface area contributed by atoms with Crippen LogP contribution in [0.4, 0.5) is 10.1 Å². The van der Waals surface area contributed by atoms with E-state index >= 15 is 0 Å². The van der Waals surface area contributed by atoms with E-state index < -0.39 is 0 Å². The van der Waals surface area contributed by atoms with Gasteiger partial charge in [0.25, 0.3) is 0 Å². The summed E-state index contributed by atoms with van der Waals surface area (Å²) in [4.78, 5) is 15.7. The Hall–Kier alpha value is -2.80. The third-order valence-corrected chi connectivity index (χ3v) is 5.90. The summed E-state index contributed by atoms with van der Waals surface area (Å²) < 4.78 is 25.2. The van der Waals surface area contributed by atoms with Crippen molar-refractivity contribution in [3.63, 3.8) is 0 Å². The van der Waals surface area contributed by atoms with Crippen LogP contribution in [0.5, 0.6) is 11.5 Å². The number of ether oxygens (including phenoxy) is 2. The number of anilines is 1. The van der Waals surface area contributed by atoms with Crippen molar-refractivity contribution in [2.75, 3.05) is 44.4 Å². The number of benzene rings is 2. The average molecular weight is 415 g/mol. The largest absolute Gasteiger partial charge is 0.454 e. The van der Waals surface area contributed by atoms with Gasteiger partial charge in [0.15, 0.2) is 11.5 Å². The number of amides is 1. The quantitative estimate of drug-likeness (QED) is 0.757. The highest BCUT2D eigenvalue weighted by atomic mass is 19.1. The molecule has 0 aliphatic carbocycles. The van der Waals surface area contributed by atoms with Gasteiger partial charge in [-0.25, -0.2) is 4.39 Å². The van der Waals surface area contributed by atoms with Gasteiger partial charge in [0.05, 0.1) is 38.4 Å². The van der Waals surface area contributed by atoms with Crippen LogP contribution in [-0.2, 0) is 4.79 Å². The van der Waals surface area contributed by atoms with Crippen LogP contribution in [0.3, 0.4) is 0 Å². The number of quaternary nitrogens is 1. The first-order chi connectivity index (χ1) is 14.5. The number of nitrogens with one attached hydrogen (secondary N) is 2. The van der Waals surface area contributed by atoms with Crippen LogP contribution in [0.15, 0.2) is 42.5 Å². The van der Waals surface area contributed by atoms with Gasteiger partial charge >= 0.3 is 0 Å². The second-order valence-corrected chi connectivity index (χ2v) is 8.16. The summed E-state index contributed by atoms with van der Waals surface area (Å²) in [6.45, 7) is 7.80. The normalized spacial score (nSPS) is 17.3. The zero-order chi connectivity index (χ0) is 21.1. The van der Waals surface area contributed by atoms with Gasteiger partial charge in [0, 0.05) is 11.5 Å². The van der Waals surface area contributed by atoms with Crippen molar-refractivity contribution in [1.82, 2.24) is 5.32 Å². The fourth-order valence-electron chi connectivity index (χ4n) is 4.13. The fourth-order valence-corrected chi connectivity index (χ4v) is 4.13. The minimum Gasteiger partial charge on any atom is -0.454 e. The molecule has 2 aromatic rings. The number of piperazine rings is 1. The molecular formula is C23H29FN3O3+. The number of para-hydroxylation sites is 1. The van der Waals surface area contributed by atoms with Crippen LogP contribution < -0.4 is 24.6 Å². The maximum Gasteiger partial charge on any atom is 0.231 e. The molecule has 1 amide bonds. The maximum atomic E-state index is 14.2. The smallest absolute Gasteiger partial charge is 0.231 e. The molecular weight excluding hydrogens is 385 g/mol. The SMILES string of the molecule is CC(C)C(=O)NC[C@H](c1ccc2c(c1)OCO2)[NH+]1CCN(c2ccccc2F)CC1. The highest BCUT2D eigenvalue weighted by Crippen LogP contribution is 2.33. The molecule has 0 bridgehead atoms. The molecule has 1 atom stereocenters. The van der Waals surface area contributed by atoms with E-state index in [2.05, 4.69) is 16.3 Å². The number of hydrogen-bond donors (Lipinski definition) is 2. The molecule has 0 saturated carbocycles. The fraction of sp³-hybridized carbons (Fsp3) is 0.435. The molecule has 2 heterocycles. The third-order valence-electron chi connectivity index (χ3n) is 5.90. The van der Waals surface area contributed by atoms with Crippen LogP contribution in [0.1, 0.15) is 25.5 Å². The highest BCUT2D eigenvalue weighted by Gasteiger charge is 2.31. The number of rotatable bonds is 6. The van der Waals surface area contributed by atoms with E-state index in [1.165, 1.54) is 11.0 Å². The lowest BCUT2D eigenvalue weighted by Gasteiger charge is -2.38. The Morgan fingerprint density at radius 3 is 2.60 bits per heavy atom. The summed E-state index contributed by atoms with van der Waals surface area (Å²) in [6.07, 6.45) is 0. The molecule has 4 rings (SSSR count). The molecule has 0 unspecified atom stereocenters. The van der Waals surface area contributed by atoms with Gasteiger partial charge in [-0.1, -0.05) is 26.0 Å². The first-order valence-corrected chi connectivity index (χ1v) is 10.5. The van der Waals surface area contributed by atoms with E-state index in [0.717, 1.165) is 43.2 Å². The van der Waals surface area contributed by atoms with Crippen molar-refractivity contribution < 1.29 is 23.6 Å². The molecule has 2 aliphatic heterocycles. The Morgan fingerprint density at radius 1 is 1.13 bits per heavy atom. The molecule has 0 aromatic heterocycles. The van der Waals surface area contributed by atoms with E-state index in [4.69, 9.17) is 9.47 Å². The molecule has 160 valence electrons. The number of carbonyl (C=O) groups excluding carboxylic acids is 1. The van der Waals surface area contributed by atoms with Gasteiger partial charge in [-0.3, -0.25) is 4.79 Å². The number of nitrogens with zero attached hydrogens (tertiary/aromatic N) is 1. The van der Waals surface area contributed by atoms with Gasteiger partial charge < -0.3 is 24.6 Å². The zero-order valence-corrected chi connectivity index (χ0v) is 17.5. The Morgan fingerprint density at radius 2 is 1.87 bits per heavy atom. The van der Waals surface area contributed by atoms with Crippen molar-refractivity contribution in [3.05, 3.63) is 53.8 Å². The monoisotopic (exact) mass is 414 g/mol. The maximum absolute atomic E-state index is 14.2. The molecule has 7 heteroatoms. The van der Waals surface area contributed by atoms with Crippen molar-refractivity contribution in [2.45, 2.75) is 19.9 Å². The van der Waals surface area contributed by atoms with Crippen molar-refractivity contribution in [1.29, 1.82) is 0 Å². The minimum absolute atomic E-state index is 0.0464. The van der Waals surface area contributed by atoms with Crippen LogP contribution in [0.2, 0.25) is 0 Å². The summed E-state index contributed by atoms with van der Waals surface area (Å²) in [5.74, 6) is 1.30. The van der Waals surface area contributed by atoms with Gasteiger partial charge in [-0.2, -0.15) is 0 Å². The molecule has 1 saturated heterocycles. The predicted octanol–water partition coefficient (Wildman–Crippen LogP) is 1.77. The van der Waals surface area contributed by atoms with Crippen molar-refractivity contribution in [3.8, 4) is 11.5 Å². The van der Waals surface area contributed by atoms with Gasteiger partial charge in [-0.15, -0.1) is 0 Å². The lowest BCUT2D eigenvalue weighted by Crippen LogP contribution is -3.15. The van der Waals surface area contributed by atoms with E-state index in [0.29, 0.717) is 12.2 Å². The molecule has 30 heavy (non-hydrogen) atoms. The Labute approximate surface area is 176 Å². The number of hydrogen-bond acceptors (Lipinski definition) is 4. The topological polar surface area (TPSA) is 55.2 Å². The Bertz CT molecular complexity index is 897. The summed E-state index contributed by atoms with van der Waals surface area (Å²) in [5, 5.41) is 3.09. The molecule has 2 aromatic carbocycles.